The Morgan fingerprint density at radius 1 is 1.50 bits per heavy atom. The van der Waals surface area contributed by atoms with Crippen LogP contribution in [0.25, 0.3) is 0 Å². The van der Waals surface area contributed by atoms with Gasteiger partial charge in [0.05, 0.1) is 0 Å². The molecule has 0 saturated carbocycles. The van der Waals surface area contributed by atoms with E-state index in [0.717, 1.165) is 24.1 Å². The van der Waals surface area contributed by atoms with Crippen molar-refractivity contribution in [2.24, 2.45) is 5.73 Å². The zero-order valence-corrected chi connectivity index (χ0v) is 10.2. The molecule has 1 fully saturated rings. The summed E-state index contributed by atoms with van der Waals surface area (Å²) in [6.07, 6.45) is 0.914. The first-order chi connectivity index (χ1) is 7.16. The van der Waals surface area contributed by atoms with Crippen LogP contribution in [0.4, 0.5) is 0 Å². The van der Waals surface area contributed by atoms with Gasteiger partial charge in [-0.05, 0) is 25.5 Å². The van der Waals surface area contributed by atoms with Gasteiger partial charge in [0.2, 0.25) is 0 Å². The Morgan fingerprint density at radius 2 is 2.25 bits per heavy atom. The van der Waals surface area contributed by atoms with Crippen LogP contribution in [0.3, 0.4) is 0 Å². The molecule has 1 saturated heterocycles. The predicted octanol–water partition coefficient (Wildman–Crippen LogP) is 1.59. The minimum Gasteiger partial charge on any atom is -0.337 e. The Morgan fingerprint density at radius 3 is 2.81 bits per heavy atom. The maximum absolute atomic E-state index is 12.0. The maximum Gasteiger partial charge on any atom is 0.253 e. The normalized spacial score (nSPS) is 19.4. The molecular formula is C12H17ClN2O. The van der Waals surface area contributed by atoms with Gasteiger partial charge < -0.3 is 10.6 Å². The summed E-state index contributed by atoms with van der Waals surface area (Å²) in [5.74, 6) is 0.103. The van der Waals surface area contributed by atoms with Crippen LogP contribution in [0, 0.1) is 6.92 Å². The zero-order valence-electron chi connectivity index (χ0n) is 9.35. The highest BCUT2D eigenvalue weighted by atomic mass is 35.5. The van der Waals surface area contributed by atoms with Gasteiger partial charge in [-0.2, -0.15) is 0 Å². The van der Waals surface area contributed by atoms with Crippen molar-refractivity contribution in [1.29, 1.82) is 0 Å². The molecule has 4 heteroatoms. The Balaban J connectivity index is 0.00000128. The molecular weight excluding hydrogens is 224 g/mol. The number of nitrogens with two attached hydrogens (primary N) is 1. The van der Waals surface area contributed by atoms with Crippen molar-refractivity contribution in [2.75, 3.05) is 13.1 Å². The second-order valence-corrected chi connectivity index (χ2v) is 4.17. The fourth-order valence-corrected chi connectivity index (χ4v) is 1.93. The summed E-state index contributed by atoms with van der Waals surface area (Å²) in [6.45, 7) is 3.47. The highest BCUT2D eigenvalue weighted by Gasteiger charge is 2.24. The Labute approximate surface area is 102 Å². The van der Waals surface area contributed by atoms with Crippen molar-refractivity contribution in [2.45, 2.75) is 19.4 Å². The van der Waals surface area contributed by atoms with Crippen molar-refractivity contribution in [3.63, 3.8) is 0 Å². The average Bonchev–Trinajstić information content (AvgIpc) is 2.64. The van der Waals surface area contributed by atoms with Crippen LogP contribution in [0.15, 0.2) is 24.3 Å². The van der Waals surface area contributed by atoms with Gasteiger partial charge in [-0.25, -0.2) is 0 Å². The first-order valence-corrected chi connectivity index (χ1v) is 5.28. The molecule has 0 radical (unpaired) electrons. The molecule has 1 aliphatic rings. The van der Waals surface area contributed by atoms with Crippen LogP contribution in [-0.4, -0.2) is 29.9 Å². The van der Waals surface area contributed by atoms with E-state index in [1.807, 2.05) is 36.1 Å². The van der Waals surface area contributed by atoms with Crippen molar-refractivity contribution < 1.29 is 4.79 Å². The van der Waals surface area contributed by atoms with Crippen molar-refractivity contribution in [1.82, 2.24) is 4.90 Å². The van der Waals surface area contributed by atoms with E-state index in [2.05, 4.69) is 0 Å². The second-order valence-electron chi connectivity index (χ2n) is 4.17. The number of hydrogen-bond acceptors (Lipinski definition) is 2. The summed E-state index contributed by atoms with van der Waals surface area (Å²) in [6, 6.07) is 7.84. The van der Waals surface area contributed by atoms with E-state index in [0.29, 0.717) is 6.54 Å². The van der Waals surface area contributed by atoms with Gasteiger partial charge >= 0.3 is 0 Å². The number of benzene rings is 1. The summed E-state index contributed by atoms with van der Waals surface area (Å²) >= 11 is 0. The quantitative estimate of drug-likeness (QED) is 0.811. The highest BCUT2D eigenvalue weighted by Crippen LogP contribution is 2.13. The van der Waals surface area contributed by atoms with Crippen LogP contribution in [-0.2, 0) is 0 Å². The van der Waals surface area contributed by atoms with Gasteiger partial charge in [0.1, 0.15) is 0 Å². The topological polar surface area (TPSA) is 46.3 Å². The van der Waals surface area contributed by atoms with Gasteiger partial charge in [-0.15, -0.1) is 12.4 Å². The number of aryl methyl sites for hydroxylation is 1. The van der Waals surface area contributed by atoms with E-state index in [1.165, 1.54) is 0 Å². The summed E-state index contributed by atoms with van der Waals surface area (Å²) in [5, 5.41) is 0. The molecule has 1 atom stereocenters. The van der Waals surface area contributed by atoms with Crippen molar-refractivity contribution >= 4 is 18.3 Å². The lowest BCUT2D eigenvalue weighted by Crippen LogP contribution is -2.31. The van der Waals surface area contributed by atoms with E-state index in [1.54, 1.807) is 0 Å². The molecule has 2 rings (SSSR count). The first kappa shape index (κ1) is 13.0. The minimum absolute atomic E-state index is 0. The third kappa shape index (κ3) is 2.74. The molecule has 3 nitrogen and oxygen atoms in total. The largest absolute Gasteiger partial charge is 0.337 e. The van der Waals surface area contributed by atoms with Crippen LogP contribution in [0.2, 0.25) is 0 Å². The third-order valence-electron chi connectivity index (χ3n) is 2.78. The first-order valence-electron chi connectivity index (χ1n) is 5.28. The fraction of sp³-hybridized carbons (Fsp3) is 0.417. The summed E-state index contributed by atoms with van der Waals surface area (Å²) < 4.78 is 0. The molecule has 1 aromatic carbocycles. The molecule has 1 heterocycles. The lowest BCUT2D eigenvalue weighted by atomic mass is 10.1. The zero-order chi connectivity index (χ0) is 10.8. The third-order valence-corrected chi connectivity index (χ3v) is 2.78. The van der Waals surface area contributed by atoms with Gasteiger partial charge in [-0.3, -0.25) is 4.79 Å². The van der Waals surface area contributed by atoms with E-state index in [9.17, 15) is 4.79 Å². The molecule has 0 unspecified atom stereocenters. The highest BCUT2D eigenvalue weighted by molar-refractivity contribution is 5.94. The standard InChI is InChI=1S/C12H16N2O.ClH/c1-9-3-2-4-10(7-9)12(15)14-6-5-11(13)8-14;/h2-4,7,11H,5-6,8,13H2,1H3;1H/t11-;/m0./s1. The number of hydrogen-bond donors (Lipinski definition) is 1. The average molecular weight is 241 g/mol. The van der Waals surface area contributed by atoms with Crippen molar-refractivity contribution in [3.05, 3.63) is 35.4 Å². The fourth-order valence-electron chi connectivity index (χ4n) is 1.93. The van der Waals surface area contributed by atoms with Gasteiger partial charge in [0.15, 0.2) is 0 Å². The second kappa shape index (κ2) is 5.32. The molecule has 1 aromatic rings. The summed E-state index contributed by atoms with van der Waals surface area (Å²) in [4.78, 5) is 13.8. The lowest BCUT2D eigenvalue weighted by molar-refractivity contribution is 0.0791. The van der Waals surface area contributed by atoms with E-state index in [4.69, 9.17) is 5.73 Å². The molecule has 0 bridgehead atoms. The monoisotopic (exact) mass is 240 g/mol. The number of amides is 1. The Bertz CT molecular complexity index is 381. The van der Waals surface area contributed by atoms with E-state index in [-0.39, 0.29) is 24.4 Å². The van der Waals surface area contributed by atoms with Crippen molar-refractivity contribution in [3.8, 4) is 0 Å². The molecule has 1 aliphatic heterocycles. The number of rotatable bonds is 1. The Hall–Kier alpha value is -1.06. The number of nitrogens with zero attached hydrogens (tertiary/aromatic N) is 1. The minimum atomic E-state index is 0. The van der Waals surface area contributed by atoms with Crippen LogP contribution in [0.1, 0.15) is 22.3 Å². The number of halogens is 1. The maximum atomic E-state index is 12.0. The van der Waals surface area contributed by atoms with Gasteiger partial charge in [0.25, 0.3) is 5.91 Å². The molecule has 1 amide bonds. The van der Waals surface area contributed by atoms with Crippen LogP contribution < -0.4 is 5.73 Å². The molecule has 88 valence electrons. The van der Waals surface area contributed by atoms with Gasteiger partial charge in [-0.1, -0.05) is 17.7 Å². The van der Waals surface area contributed by atoms with Crippen LogP contribution >= 0.6 is 12.4 Å². The number of carbonyl (C=O) groups is 1. The lowest BCUT2D eigenvalue weighted by Gasteiger charge is -2.15. The SMILES string of the molecule is Cc1cccc(C(=O)N2CC[C@H](N)C2)c1.Cl. The molecule has 2 N–H and O–H groups in total. The van der Waals surface area contributed by atoms with Gasteiger partial charge in [0, 0.05) is 24.7 Å². The molecule has 0 aliphatic carbocycles. The summed E-state index contributed by atoms with van der Waals surface area (Å²) in [5.41, 5.74) is 7.66. The Kier molecular flexibility index (Phi) is 4.33. The van der Waals surface area contributed by atoms with E-state index >= 15 is 0 Å². The molecule has 16 heavy (non-hydrogen) atoms. The number of carbonyl (C=O) groups excluding carboxylic acids is 1. The van der Waals surface area contributed by atoms with Crippen LogP contribution in [0.5, 0.6) is 0 Å². The molecule has 0 spiro atoms. The predicted molar refractivity (Wildman–Crippen MR) is 66.9 cm³/mol. The van der Waals surface area contributed by atoms with E-state index < -0.39 is 0 Å². The summed E-state index contributed by atoms with van der Waals surface area (Å²) in [7, 11) is 0. The number of likely N-dealkylation sites (tertiary alicyclic amines) is 1. The smallest absolute Gasteiger partial charge is 0.253 e. The molecule has 0 aromatic heterocycles.